The molecule has 31 heavy (non-hydrogen) atoms. The third-order valence-corrected chi connectivity index (χ3v) is 6.26. The van der Waals surface area contributed by atoms with Crippen molar-refractivity contribution in [3.05, 3.63) is 59.8 Å². The number of ether oxygens (including phenoxy) is 1. The van der Waals surface area contributed by atoms with Crippen molar-refractivity contribution in [2.75, 3.05) is 44.3 Å². The fourth-order valence-corrected chi connectivity index (χ4v) is 4.17. The first kappa shape index (κ1) is 23.1. The van der Waals surface area contributed by atoms with Crippen LogP contribution in [0, 0.1) is 0 Å². The summed E-state index contributed by atoms with van der Waals surface area (Å²) >= 11 is 0. The fourth-order valence-electron chi connectivity index (χ4n) is 4.17. The van der Waals surface area contributed by atoms with Gasteiger partial charge in [0.05, 0.1) is 19.8 Å². The van der Waals surface area contributed by atoms with Crippen molar-refractivity contribution in [2.24, 2.45) is 4.99 Å². The smallest absolute Gasteiger partial charge is 0.191 e. The Morgan fingerprint density at radius 2 is 1.77 bits per heavy atom. The molecule has 0 amide bonds. The molecule has 0 bridgehead atoms. The number of hydrogen-bond acceptors (Lipinski definition) is 4. The van der Waals surface area contributed by atoms with Crippen molar-refractivity contribution in [1.82, 2.24) is 15.6 Å². The number of benzene rings is 1. The third kappa shape index (κ3) is 5.97. The summed E-state index contributed by atoms with van der Waals surface area (Å²) in [4.78, 5) is 11.8. The van der Waals surface area contributed by atoms with Crippen molar-refractivity contribution >= 4 is 11.8 Å². The molecule has 0 unspecified atom stereocenters. The van der Waals surface area contributed by atoms with Crippen molar-refractivity contribution in [1.29, 1.82) is 0 Å². The predicted octanol–water partition coefficient (Wildman–Crippen LogP) is 3.73. The highest BCUT2D eigenvalue weighted by Crippen LogP contribution is 2.30. The lowest BCUT2D eigenvalue weighted by atomic mass is 9.76. The Kier molecular flexibility index (Phi) is 8.71. The predicted molar refractivity (Wildman–Crippen MR) is 129 cm³/mol. The highest BCUT2D eigenvalue weighted by Gasteiger charge is 2.28. The van der Waals surface area contributed by atoms with E-state index in [0.717, 1.165) is 69.6 Å². The summed E-state index contributed by atoms with van der Waals surface area (Å²) in [5.74, 6) is 1.87. The first-order valence-corrected chi connectivity index (χ1v) is 11.6. The van der Waals surface area contributed by atoms with Gasteiger partial charge in [-0.2, -0.15) is 0 Å². The minimum absolute atomic E-state index is 0.0880. The second-order valence-corrected chi connectivity index (χ2v) is 7.99. The number of nitrogens with one attached hydrogen (secondary N) is 2. The molecule has 168 valence electrons. The molecule has 1 aromatic carbocycles. The first-order chi connectivity index (χ1) is 15.2. The molecule has 1 aromatic heterocycles. The number of rotatable bonds is 9. The summed E-state index contributed by atoms with van der Waals surface area (Å²) < 4.78 is 5.50. The molecule has 0 atom stereocenters. The number of guanidine groups is 1. The van der Waals surface area contributed by atoms with E-state index in [9.17, 15) is 0 Å². The zero-order valence-corrected chi connectivity index (χ0v) is 19.2. The molecule has 1 aliphatic heterocycles. The maximum atomic E-state index is 5.50. The van der Waals surface area contributed by atoms with Gasteiger partial charge < -0.3 is 20.3 Å². The summed E-state index contributed by atoms with van der Waals surface area (Å²) in [7, 11) is 0. The molecular formula is C25H37N5O. The molecule has 0 spiro atoms. The largest absolute Gasteiger partial charge is 0.378 e. The quantitative estimate of drug-likeness (QED) is 0.475. The molecule has 3 rings (SSSR count). The Hall–Kier alpha value is -2.60. The highest BCUT2D eigenvalue weighted by molar-refractivity contribution is 5.80. The molecule has 0 radical (unpaired) electrons. The van der Waals surface area contributed by atoms with Gasteiger partial charge in [0, 0.05) is 43.4 Å². The maximum Gasteiger partial charge on any atom is 0.191 e. The molecule has 1 fully saturated rings. The second-order valence-electron chi connectivity index (χ2n) is 7.99. The number of anilines is 1. The van der Waals surface area contributed by atoms with E-state index in [1.54, 1.807) is 0 Å². The number of nitrogens with zero attached hydrogens (tertiary/aromatic N) is 3. The summed E-state index contributed by atoms with van der Waals surface area (Å²) in [6.07, 6.45) is 4.01. The van der Waals surface area contributed by atoms with Gasteiger partial charge in [-0.3, -0.25) is 0 Å². The molecule has 1 aliphatic rings. The van der Waals surface area contributed by atoms with Gasteiger partial charge in [0.15, 0.2) is 5.96 Å². The van der Waals surface area contributed by atoms with Crippen molar-refractivity contribution in [3.8, 4) is 0 Å². The molecule has 6 heteroatoms. The van der Waals surface area contributed by atoms with Crippen LogP contribution in [0.1, 0.15) is 44.7 Å². The van der Waals surface area contributed by atoms with E-state index in [1.807, 2.05) is 12.3 Å². The fraction of sp³-hybridized carbons (Fsp3) is 0.520. The lowest BCUT2D eigenvalue weighted by Crippen LogP contribution is -2.45. The van der Waals surface area contributed by atoms with Crippen LogP contribution in [-0.4, -0.2) is 50.3 Å². The summed E-state index contributed by atoms with van der Waals surface area (Å²) in [6, 6.07) is 14.9. The van der Waals surface area contributed by atoms with Crippen LogP contribution in [0.25, 0.3) is 0 Å². The second kappa shape index (κ2) is 11.7. The van der Waals surface area contributed by atoms with Gasteiger partial charge in [0.25, 0.3) is 0 Å². The van der Waals surface area contributed by atoms with E-state index in [1.165, 1.54) is 5.56 Å². The Labute approximate surface area is 187 Å². The van der Waals surface area contributed by atoms with Gasteiger partial charge in [-0.1, -0.05) is 50.2 Å². The zero-order valence-electron chi connectivity index (χ0n) is 19.2. The topological polar surface area (TPSA) is 61.8 Å². The molecule has 1 saturated heterocycles. The maximum absolute atomic E-state index is 5.50. The Balaban J connectivity index is 1.73. The molecule has 0 aliphatic carbocycles. The van der Waals surface area contributed by atoms with Crippen LogP contribution >= 0.6 is 0 Å². The van der Waals surface area contributed by atoms with E-state index in [4.69, 9.17) is 9.73 Å². The molecular weight excluding hydrogens is 386 g/mol. The van der Waals surface area contributed by atoms with Gasteiger partial charge >= 0.3 is 0 Å². The number of pyridine rings is 1. The van der Waals surface area contributed by atoms with E-state index in [-0.39, 0.29) is 5.41 Å². The van der Waals surface area contributed by atoms with Gasteiger partial charge in [-0.15, -0.1) is 0 Å². The molecule has 2 aromatic rings. The Bertz CT molecular complexity index is 814. The lowest BCUT2D eigenvalue weighted by molar-refractivity contribution is 0.122. The van der Waals surface area contributed by atoms with E-state index >= 15 is 0 Å². The van der Waals surface area contributed by atoms with Crippen LogP contribution in [0.15, 0.2) is 53.7 Å². The number of hydrogen-bond donors (Lipinski definition) is 2. The minimum Gasteiger partial charge on any atom is -0.378 e. The zero-order chi connectivity index (χ0) is 21.9. The van der Waals surface area contributed by atoms with E-state index < -0.39 is 0 Å². The van der Waals surface area contributed by atoms with Gasteiger partial charge in [-0.25, -0.2) is 9.98 Å². The van der Waals surface area contributed by atoms with Crippen LogP contribution in [-0.2, 0) is 16.7 Å². The lowest BCUT2D eigenvalue weighted by Gasteiger charge is -2.33. The number of morpholine rings is 1. The summed E-state index contributed by atoms with van der Waals surface area (Å²) in [5, 5.41) is 7.03. The van der Waals surface area contributed by atoms with E-state index in [2.05, 4.69) is 77.7 Å². The van der Waals surface area contributed by atoms with Gasteiger partial charge in [0.2, 0.25) is 0 Å². The van der Waals surface area contributed by atoms with Crippen molar-refractivity contribution in [3.63, 3.8) is 0 Å². The molecule has 6 nitrogen and oxygen atoms in total. The van der Waals surface area contributed by atoms with Crippen LogP contribution in [0.3, 0.4) is 0 Å². The summed E-state index contributed by atoms with van der Waals surface area (Å²) in [6.45, 7) is 12.1. The van der Waals surface area contributed by atoms with Gasteiger partial charge in [0.1, 0.15) is 5.82 Å². The number of aromatic nitrogens is 1. The molecule has 0 saturated carbocycles. The average Bonchev–Trinajstić information content (AvgIpc) is 2.85. The normalized spacial score (nSPS) is 15.1. The van der Waals surface area contributed by atoms with E-state index in [0.29, 0.717) is 6.54 Å². The molecule has 2 N–H and O–H groups in total. The van der Waals surface area contributed by atoms with Crippen molar-refractivity contribution < 1.29 is 4.74 Å². The molecule has 2 heterocycles. The standard InChI is InChI=1S/C25H37N5O/c1-4-25(5-2,22-12-8-7-9-13-22)20-29-24(26-6-3)28-19-21-11-10-14-27-23(21)30-15-17-31-18-16-30/h7-14H,4-6,15-20H2,1-3H3,(H2,26,28,29). The monoisotopic (exact) mass is 423 g/mol. The average molecular weight is 424 g/mol. The van der Waals surface area contributed by atoms with Crippen LogP contribution in [0.2, 0.25) is 0 Å². The third-order valence-electron chi connectivity index (χ3n) is 6.26. The van der Waals surface area contributed by atoms with Crippen molar-refractivity contribution in [2.45, 2.75) is 45.6 Å². The van der Waals surface area contributed by atoms with Gasteiger partial charge in [-0.05, 0) is 31.4 Å². The van der Waals surface area contributed by atoms with Crippen LogP contribution in [0.5, 0.6) is 0 Å². The van der Waals surface area contributed by atoms with Crippen LogP contribution in [0.4, 0.5) is 5.82 Å². The minimum atomic E-state index is 0.0880. The SMILES string of the molecule is CCNC(=NCc1cccnc1N1CCOCC1)NCC(CC)(CC)c1ccccc1. The first-order valence-electron chi connectivity index (χ1n) is 11.6. The highest BCUT2D eigenvalue weighted by atomic mass is 16.5. The Morgan fingerprint density at radius 1 is 1.03 bits per heavy atom. The summed E-state index contributed by atoms with van der Waals surface area (Å²) in [5.41, 5.74) is 2.61. The van der Waals surface area contributed by atoms with Crippen LogP contribution < -0.4 is 15.5 Å². The number of aliphatic imine (C=N–C) groups is 1. The Morgan fingerprint density at radius 3 is 2.45 bits per heavy atom.